The van der Waals surface area contributed by atoms with Crippen molar-refractivity contribution >= 4 is 5.97 Å². The molecule has 3 heteroatoms. The predicted octanol–water partition coefficient (Wildman–Crippen LogP) is 6.45. The lowest BCUT2D eigenvalue weighted by Gasteiger charge is -2.58. The minimum Gasteiger partial charge on any atom is -0.481 e. The van der Waals surface area contributed by atoms with E-state index in [4.69, 9.17) is 5.11 Å². The van der Waals surface area contributed by atoms with E-state index in [1.807, 2.05) is 6.92 Å². The molecule has 3 nitrogen and oxygen atoms in total. The van der Waals surface area contributed by atoms with Crippen LogP contribution in [0.3, 0.4) is 0 Å². The fraction of sp³-hybridized carbons (Fsp3) is 0.889. The summed E-state index contributed by atoms with van der Waals surface area (Å²) in [6.45, 7) is 9.41. The van der Waals surface area contributed by atoms with Crippen LogP contribution in [0.25, 0.3) is 0 Å². The largest absolute Gasteiger partial charge is 0.481 e. The van der Waals surface area contributed by atoms with Gasteiger partial charge in [-0.2, -0.15) is 0 Å². The van der Waals surface area contributed by atoms with E-state index in [0.717, 1.165) is 49.4 Å². The quantitative estimate of drug-likeness (QED) is 0.489. The van der Waals surface area contributed by atoms with Gasteiger partial charge in [0.1, 0.15) is 0 Å². The Labute approximate surface area is 183 Å². The third-order valence-electron chi connectivity index (χ3n) is 10.6. The van der Waals surface area contributed by atoms with Crippen molar-refractivity contribution in [2.45, 2.75) is 104 Å². The molecule has 2 N–H and O–H groups in total. The Kier molecular flexibility index (Phi) is 6.16. The molecule has 3 saturated carbocycles. The van der Waals surface area contributed by atoms with Gasteiger partial charge in [0.05, 0.1) is 12.0 Å². The number of aliphatic hydroxyl groups excluding tert-OH is 1. The van der Waals surface area contributed by atoms with Crippen LogP contribution in [0, 0.1) is 46.3 Å². The zero-order chi connectivity index (χ0) is 21.7. The Morgan fingerprint density at radius 3 is 2.60 bits per heavy atom. The van der Waals surface area contributed by atoms with Gasteiger partial charge in [-0.05, 0) is 98.2 Å². The highest BCUT2D eigenvalue weighted by molar-refractivity contribution is 5.69. The highest BCUT2D eigenvalue weighted by Crippen LogP contribution is 2.67. The molecule has 170 valence electrons. The van der Waals surface area contributed by atoms with E-state index in [1.54, 1.807) is 5.57 Å². The molecular formula is C27H44O3. The average Bonchev–Trinajstić information content (AvgIpc) is 3.05. The highest BCUT2D eigenvalue weighted by Gasteiger charge is 2.59. The molecule has 0 radical (unpaired) electrons. The van der Waals surface area contributed by atoms with E-state index in [2.05, 4.69) is 26.8 Å². The van der Waals surface area contributed by atoms with E-state index < -0.39 is 5.97 Å². The van der Waals surface area contributed by atoms with Crippen LogP contribution in [-0.2, 0) is 4.79 Å². The van der Waals surface area contributed by atoms with Gasteiger partial charge < -0.3 is 10.2 Å². The number of carbonyl (C=O) groups is 1. The van der Waals surface area contributed by atoms with Crippen molar-refractivity contribution in [2.75, 3.05) is 0 Å². The van der Waals surface area contributed by atoms with Crippen LogP contribution in [0.2, 0.25) is 0 Å². The van der Waals surface area contributed by atoms with Gasteiger partial charge in [-0.15, -0.1) is 0 Å². The maximum absolute atomic E-state index is 11.1. The van der Waals surface area contributed by atoms with E-state index >= 15 is 0 Å². The van der Waals surface area contributed by atoms with Gasteiger partial charge in [0.2, 0.25) is 0 Å². The molecule has 0 bridgehead atoms. The van der Waals surface area contributed by atoms with Gasteiger partial charge in [-0.1, -0.05) is 52.2 Å². The number of fused-ring (bicyclic) bond motifs is 5. The Hall–Kier alpha value is -0.830. The molecule has 30 heavy (non-hydrogen) atoms. The normalized spacial score (nSPS) is 45.0. The molecule has 3 fully saturated rings. The smallest absolute Gasteiger partial charge is 0.306 e. The minimum absolute atomic E-state index is 0.115. The molecular weight excluding hydrogens is 372 g/mol. The maximum atomic E-state index is 11.1. The lowest BCUT2D eigenvalue weighted by atomic mass is 9.47. The summed E-state index contributed by atoms with van der Waals surface area (Å²) in [7, 11) is 0. The first-order chi connectivity index (χ1) is 14.2. The van der Waals surface area contributed by atoms with Gasteiger partial charge >= 0.3 is 5.97 Å². The fourth-order valence-electron chi connectivity index (χ4n) is 8.69. The van der Waals surface area contributed by atoms with E-state index in [0.29, 0.717) is 16.7 Å². The first-order valence-electron chi connectivity index (χ1n) is 12.8. The lowest BCUT2D eigenvalue weighted by molar-refractivity contribution is -0.141. The number of aliphatic carboxylic acids is 1. The number of rotatable bonds is 6. The van der Waals surface area contributed by atoms with Crippen molar-refractivity contribution in [1.29, 1.82) is 0 Å². The molecule has 4 aliphatic carbocycles. The van der Waals surface area contributed by atoms with Crippen molar-refractivity contribution in [1.82, 2.24) is 0 Å². The summed E-state index contributed by atoms with van der Waals surface area (Å²) in [4.78, 5) is 11.1. The summed E-state index contributed by atoms with van der Waals surface area (Å²) in [5.41, 5.74) is 2.37. The molecule has 0 spiro atoms. The van der Waals surface area contributed by atoms with Crippen LogP contribution in [-0.4, -0.2) is 22.3 Å². The van der Waals surface area contributed by atoms with Crippen molar-refractivity contribution in [3.05, 3.63) is 11.6 Å². The van der Waals surface area contributed by atoms with Gasteiger partial charge in [-0.25, -0.2) is 0 Å². The Morgan fingerprint density at radius 2 is 1.87 bits per heavy atom. The number of hydrogen-bond donors (Lipinski definition) is 2. The van der Waals surface area contributed by atoms with Crippen LogP contribution in [0.1, 0.15) is 98.3 Å². The Bertz CT molecular complexity index is 684. The third-order valence-corrected chi connectivity index (χ3v) is 10.6. The average molecular weight is 417 g/mol. The SMILES string of the molecule is C[C@H](CCC[C@@H](C)[C@@H]1CC[C@@H]2[C@H]3CC=C4C[C@@H](O)CC[C@]4(C)[C@@H]3CC[C@@]21C)C(=O)O. The van der Waals surface area contributed by atoms with Gasteiger partial charge in [-0.3, -0.25) is 4.79 Å². The Balaban J connectivity index is 1.44. The Morgan fingerprint density at radius 1 is 1.10 bits per heavy atom. The summed E-state index contributed by atoms with van der Waals surface area (Å²) < 4.78 is 0. The molecule has 0 saturated heterocycles. The zero-order valence-corrected chi connectivity index (χ0v) is 19.7. The van der Waals surface area contributed by atoms with Gasteiger partial charge in [0.15, 0.2) is 0 Å². The number of hydrogen-bond acceptors (Lipinski definition) is 2. The minimum atomic E-state index is -0.651. The summed E-state index contributed by atoms with van der Waals surface area (Å²) >= 11 is 0. The van der Waals surface area contributed by atoms with Crippen molar-refractivity contribution in [3.63, 3.8) is 0 Å². The molecule has 0 aromatic heterocycles. The second kappa shape index (κ2) is 8.26. The van der Waals surface area contributed by atoms with Gasteiger partial charge in [0, 0.05) is 0 Å². The first-order valence-corrected chi connectivity index (χ1v) is 12.8. The molecule has 0 aliphatic heterocycles. The first kappa shape index (κ1) is 22.4. The van der Waals surface area contributed by atoms with Crippen LogP contribution < -0.4 is 0 Å². The highest BCUT2D eigenvalue weighted by atomic mass is 16.4. The number of carboxylic acids is 1. The lowest BCUT2D eigenvalue weighted by Crippen LogP contribution is -2.50. The fourth-order valence-corrected chi connectivity index (χ4v) is 8.69. The molecule has 9 atom stereocenters. The van der Waals surface area contributed by atoms with Crippen LogP contribution in [0.15, 0.2) is 11.6 Å². The zero-order valence-electron chi connectivity index (χ0n) is 19.7. The van der Waals surface area contributed by atoms with Gasteiger partial charge in [0.25, 0.3) is 0 Å². The topological polar surface area (TPSA) is 57.5 Å². The molecule has 0 amide bonds. The van der Waals surface area contributed by atoms with Crippen LogP contribution >= 0.6 is 0 Å². The van der Waals surface area contributed by atoms with Crippen LogP contribution in [0.5, 0.6) is 0 Å². The van der Waals surface area contributed by atoms with E-state index in [9.17, 15) is 9.90 Å². The predicted molar refractivity (Wildman–Crippen MR) is 121 cm³/mol. The molecule has 0 heterocycles. The van der Waals surface area contributed by atoms with Crippen molar-refractivity contribution < 1.29 is 15.0 Å². The van der Waals surface area contributed by atoms with E-state index in [-0.39, 0.29) is 12.0 Å². The van der Waals surface area contributed by atoms with E-state index in [1.165, 1.54) is 44.9 Å². The monoisotopic (exact) mass is 416 g/mol. The second-order valence-electron chi connectivity index (χ2n) is 12.0. The summed E-state index contributed by atoms with van der Waals surface area (Å²) in [5, 5.41) is 19.4. The summed E-state index contributed by atoms with van der Waals surface area (Å²) in [6.07, 6.45) is 15.2. The molecule has 0 aromatic carbocycles. The summed E-state index contributed by atoms with van der Waals surface area (Å²) in [6, 6.07) is 0. The maximum Gasteiger partial charge on any atom is 0.306 e. The molecule has 0 aromatic rings. The number of allylic oxidation sites excluding steroid dienone is 1. The summed E-state index contributed by atoms with van der Waals surface area (Å²) in [5.74, 6) is 3.14. The molecule has 4 rings (SSSR count). The van der Waals surface area contributed by atoms with Crippen molar-refractivity contribution in [2.24, 2.45) is 46.3 Å². The second-order valence-corrected chi connectivity index (χ2v) is 12.0. The standard InChI is InChI=1S/C27H44O3/c1-17(6-5-7-18(2)25(29)30)22-10-11-23-21-9-8-19-16-20(28)12-14-26(19,3)24(21)13-15-27(22,23)4/h8,17-18,20-24,28H,5-7,9-16H2,1-4H3,(H,29,30)/t17-,18-,20+,21-,22+,23-,24-,26+,27-/m1/s1. The number of aliphatic hydroxyl groups is 1. The molecule has 4 aliphatic rings. The molecule has 0 unspecified atom stereocenters. The third kappa shape index (κ3) is 3.67. The van der Waals surface area contributed by atoms with Crippen LogP contribution in [0.4, 0.5) is 0 Å². The van der Waals surface area contributed by atoms with Crippen molar-refractivity contribution in [3.8, 4) is 0 Å². The number of carboxylic acid groups (broad SMARTS) is 1.